The van der Waals surface area contributed by atoms with Crippen LogP contribution in [0.1, 0.15) is 24.5 Å². The fourth-order valence-electron chi connectivity index (χ4n) is 1.69. The molecule has 0 amide bonds. The summed E-state index contributed by atoms with van der Waals surface area (Å²) in [7, 11) is 1.69. The molecule has 1 aliphatic rings. The van der Waals surface area contributed by atoms with E-state index in [1.165, 1.54) is 12.8 Å². The fraction of sp³-hybridized carbons (Fsp3) is 0.400. The van der Waals surface area contributed by atoms with E-state index in [-0.39, 0.29) is 0 Å². The smallest absolute Gasteiger partial charge is 0.158 e. The lowest BCUT2D eigenvalue weighted by Crippen LogP contribution is -2.01. The van der Waals surface area contributed by atoms with Gasteiger partial charge in [-0.25, -0.2) is 9.50 Å². The number of fused-ring (bicyclic) bond motifs is 1. The lowest BCUT2D eigenvalue weighted by molar-refractivity contribution is 0.405. The molecule has 0 spiro atoms. The average Bonchev–Trinajstić information content (AvgIpc) is 3.04. The molecule has 0 saturated heterocycles. The van der Waals surface area contributed by atoms with Crippen LogP contribution in [0.25, 0.3) is 5.65 Å². The third-order valence-corrected chi connectivity index (χ3v) is 3.36. The summed E-state index contributed by atoms with van der Waals surface area (Å²) >= 11 is 2.23. The molecule has 0 aromatic carbocycles. The van der Waals surface area contributed by atoms with Crippen LogP contribution in [0.4, 0.5) is 0 Å². The number of halogens is 1. The van der Waals surface area contributed by atoms with Crippen LogP contribution in [0.5, 0.6) is 5.75 Å². The Labute approximate surface area is 101 Å². The number of rotatable bonds is 2. The number of hydrogen-bond donors (Lipinski definition) is 0. The maximum Gasteiger partial charge on any atom is 0.158 e. The number of aromatic nitrogens is 3. The standard InChI is InChI=1S/C10H10IN3O/c1-15-7-4-9-12-5-8(11)14(9)13-10(7)6-2-3-6/h4-6H,2-3H2,1H3. The number of imidazole rings is 1. The predicted molar refractivity (Wildman–Crippen MR) is 64.2 cm³/mol. The van der Waals surface area contributed by atoms with Crippen molar-refractivity contribution in [1.82, 2.24) is 14.6 Å². The number of nitrogens with zero attached hydrogens (tertiary/aromatic N) is 3. The Morgan fingerprint density at radius 3 is 3.00 bits per heavy atom. The van der Waals surface area contributed by atoms with Gasteiger partial charge in [-0.2, -0.15) is 5.10 Å². The first kappa shape index (κ1) is 9.38. The van der Waals surface area contributed by atoms with Gasteiger partial charge in [0.15, 0.2) is 5.65 Å². The van der Waals surface area contributed by atoms with E-state index in [1.54, 1.807) is 7.11 Å². The van der Waals surface area contributed by atoms with Gasteiger partial charge in [0.25, 0.3) is 0 Å². The molecule has 0 aliphatic heterocycles. The van der Waals surface area contributed by atoms with Crippen molar-refractivity contribution in [2.24, 2.45) is 0 Å². The summed E-state index contributed by atoms with van der Waals surface area (Å²) < 4.78 is 8.25. The van der Waals surface area contributed by atoms with E-state index in [0.717, 1.165) is 20.8 Å². The first-order chi connectivity index (χ1) is 7.29. The van der Waals surface area contributed by atoms with Crippen LogP contribution in [-0.2, 0) is 0 Å². The van der Waals surface area contributed by atoms with Crippen LogP contribution in [-0.4, -0.2) is 21.7 Å². The molecular weight excluding hydrogens is 305 g/mol. The van der Waals surface area contributed by atoms with E-state index in [4.69, 9.17) is 4.74 Å². The average molecular weight is 315 g/mol. The Morgan fingerprint density at radius 1 is 1.53 bits per heavy atom. The lowest BCUT2D eigenvalue weighted by atomic mass is 10.2. The van der Waals surface area contributed by atoms with Crippen LogP contribution in [0.2, 0.25) is 0 Å². The molecule has 2 aromatic heterocycles. The zero-order chi connectivity index (χ0) is 10.4. The summed E-state index contributed by atoms with van der Waals surface area (Å²) in [5, 5.41) is 4.59. The van der Waals surface area contributed by atoms with Gasteiger partial charge in [0.05, 0.1) is 13.3 Å². The molecule has 1 aliphatic carbocycles. The topological polar surface area (TPSA) is 39.4 Å². The second kappa shape index (κ2) is 3.33. The summed E-state index contributed by atoms with van der Waals surface area (Å²) in [5.74, 6) is 1.45. The van der Waals surface area contributed by atoms with Crippen LogP contribution in [0.15, 0.2) is 12.3 Å². The minimum atomic E-state index is 0.586. The molecule has 0 radical (unpaired) electrons. The number of methoxy groups -OCH3 is 1. The molecule has 0 unspecified atom stereocenters. The molecule has 0 N–H and O–H groups in total. The van der Waals surface area contributed by atoms with Gasteiger partial charge in [-0.15, -0.1) is 0 Å². The molecule has 78 valence electrons. The highest BCUT2D eigenvalue weighted by Gasteiger charge is 2.29. The largest absolute Gasteiger partial charge is 0.495 e. The van der Waals surface area contributed by atoms with Gasteiger partial charge < -0.3 is 4.74 Å². The first-order valence-corrected chi connectivity index (χ1v) is 5.95. The minimum Gasteiger partial charge on any atom is -0.495 e. The molecule has 1 saturated carbocycles. The van der Waals surface area contributed by atoms with E-state index < -0.39 is 0 Å². The summed E-state index contributed by atoms with van der Waals surface area (Å²) in [5.41, 5.74) is 1.92. The summed E-state index contributed by atoms with van der Waals surface area (Å²) in [6, 6.07) is 1.96. The van der Waals surface area contributed by atoms with Gasteiger partial charge in [0.1, 0.15) is 15.1 Å². The van der Waals surface area contributed by atoms with Crippen molar-refractivity contribution in [3.63, 3.8) is 0 Å². The van der Waals surface area contributed by atoms with Crippen molar-refractivity contribution in [3.8, 4) is 5.75 Å². The van der Waals surface area contributed by atoms with E-state index in [0.29, 0.717) is 5.92 Å². The van der Waals surface area contributed by atoms with Gasteiger partial charge in [-0.05, 0) is 35.4 Å². The van der Waals surface area contributed by atoms with E-state index >= 15 is 0 Å². The van der Waals surface area contributed by atoms with E-state index in [9.17, 15) is 0 Å². The second-order valence-electron chi connectivity index (χ2n) is 3.72. The molecule has 3 rings (SSSR count). The lowest BCUT2D eigenvalue weighted by Gasteiger charge is -2.06. The highest BCUT2D eigenvalue weighted by atomic mass is 127. The van der Waals surface area contributed by atoms with Crippen molar-refractivity contribution in [2.45, 2.75) is 18.8 Å². The molecule has 4 nitrogen and oxygen atoms in total. The van der Waals surface area contributed by atoms with Crippen LogP contribution >= 0.6 is 22.6 Å². The van der Waals surface area contributed by atoms with Gasteiger partial charge in [0, 0.05) is 12.0 Å². The SMILES string of the molecule is COc1cc2ncc(I)n2nc1C1CC1. The number of hydrogen-bond acceptors (Lipinski definition) is 3. The second-order valence-corrected chi connectivity index (χ2v) is 4.83. The van der Waals surface area contributed by atoms with Crippen LogP contribution in [0, 0.1) is 3.70 Å². The monoisotopic (exact) mass is 315 g/mol. The van der Waals surface area contributed by atoms with Gasteiger partial charge >= 0.3 is 0 Å². The fourth-order valence-corrected chi connectivity index (χ4v) is 2.18. The van der Waals surface area contributed by atoms with E-state index in [1.807, 2.05) is 16.8 Å². The Kier molecular flexibility index (Phi) is 2.08. The van der Waals surface area contributed by atoms with Gasteiger partial charge in [-0.1, -0.05) is 0 Å². The molecule has 1 fully saturated rings. The van der Waals surface area contributed by atoms with Crippen LogP contribution in [0.3, 0.4) is 0 Å². The van der Waals surface area contributed by atoms with Crippen LogP contribution < -0.4 is 4.74 Å². The third kappa shape index (κ3) is 1.49. The summed E-state index contributed by atoms with van der Waals surface area (Å²) in [6.07, 6.45) is 4.26. The molecule has 0 atom stereocenters. The Bertz CT molecular complexity index is 519. The maximum atomic E-state index is 5.35. The third-order valence-electron chi connectivity index (χ3n) is 2.63. The summed E-state index contributed by atoms with van der Waals surface area (Å²) in [4.78, 5) is 4.26. The molecule has 5 heteroatoms. The highest BCUT2D eigenvalue weighted by Crippen LogP contribution is 2.43. The van der Waals surface area contributed by atoms with Crippen molar-refractivity contribution in [3.05, 3.63) is 21.7 Å². The van der Waals surface area contributed by atoms with Crippen molar-refractivity contribution in [1.29, 1.82) is 0 Å². The van der Waals surface area contributed by atoms with E-state index in [2.05, 4.69) is 32.7 Å². The first-order valence-electron chi connectivity index (χ1n) is 4.88. The predicted octanol–water partition coefficient (Wildman–Crippen LogP) is 2.22. The highest BCUT2D eigenvalue weighted by molar-refractivity contribution is 14.1. The Morgan fingerprint density at radius 2 is 2.33 bits per heavy atom. The molecule has 15 heavy (non-hydrogen) atoms. The molecule has 2 aromatic rings. The zero-order valence-corrected chi connectivity index (χ0v) is 10.4. The minimum absolute atomic E-state index is 0.586. The van der Waals surface area contributed by atoms with Crippen molar-refractivity contribution < 1.29 is 4.74 Å². The Balaban J connectivity index is 2.25. The zero-order valence-electron chi connectivity index (χ0n) is 8.27. The van der Waals surface area contributed by atoms with Crippen molar-refractivity contribution in [2.75, 3.05) is 7.11 Å². The quantitative estimate of drug-likeness (QED) is 0.798. The Hall–Kier alpha value is -0.850. The van der Waals surface area contributed by atoms with Crippen molar-refractivity contribution >= 4 is 28.2 Å². The maximum absolute atomic E-state index is 5.35. The molecule has 2 heterocycles. The van der Waals surface area contributed by atoms with Gasteiger partial charge in [0.2, 0.25) is 0 Å². The summed E-state index contributed by atoms with van der Waals surface area (Å²) in [6.45, 7) is 0. The molecule has 0 bridgehead atoms. The molecular formula is C10H10IN3O. The normalized spacial score (nSPS) is 15.9. The van der Waals surface area contributed by atoms with Gasteiger partial charge in [-0.3, -0.25) is 0 Å². The number of ether oxygens (including phenoxy) is 1.